The first-order valence-corrected chi connectivity index (χ1v) is 6.93. The second-order valence-corrected chi connectivity index (χ2v) is 3.52. The maximum Gasteiger partial charge on any atom is 3.00 e. The Morgan fingerprint density at radius 2 is 1.30 bits per heavy atom. The van der Waals surface area contributed by atoms with Crippen molar-refractivity contribution in [3.05, 3.63) is 20.9 Å². The molecule has 20 heavy (non-hydrogen) atoms. The predicted octanol–water partition coefficient (Wildman–Crippen LogP) is 2.85. The summed E-state index contributed by atoms with van der Waals surface area (Å²) >= 11 is 0. The minimum atomic E-state index is 0. The van der Waals surface area contributed by atoms with Crippen molar-refractivity contribution in [2.24, 2.45) is 0 Å². The van der Waals surface area contributed by atoms with Gasteiger partial charge in [-0.25, -0.2) is 0 Å². The smallest absolute Gasteiger partial charge is 0.460 e. The third kappa shape index (κ3) is 50.9. The third-order valence-electron chi connectivity index (χ3n) is 1.66. The van der Waals surface area contributed by atoms with Gasteiger partial charge in [0.05, 0.1) is 6.61 Å². The molecule has 5 heteroatoms. The molecule has 0 atom stereocenters. The molecule has 4 nitrogen and oxygen atoms in total. The molecule has 0 unspecified atom stereocenters. The Labute approximate surface area is 152 Å². The van der Waals surface area contributed by atoms with E-state index in [9.17, 15) is 0 Å². The molecular formula is C15H34NO3Y. The molecule has 0 bridgehead atoms. The molecule has 0 amide bonds. The van der Waals surface area contributed by atoms with Crippen LogP contribution in [0.3, 0.4) is 0 Å². The molecule has 0 heterocycles. The Kier molecular flexibility index (Phi) is 46.5. The van der Waals surface area contributed by atoms with E-state index in [4.69, 9.17) is 14.2 Å². The zero-order valence-electron chi connectivity index (χ0n) is 14.0. The molecular weight excluding hydrogens is 331 g/mol. The van der Waals surface area contributed by atoms with Gasteiger partial charge < -0.3 is 33.0 Å². The van der Waals surface area contributed by atoms with E-state index in [1.165, 1.54) is 0 Å². The van der Waals surface area contributed by atoms with E-state index in [2.05, 4.69) is 20.9 Å². The molecule has 0 spiro atoms. The summed E-state index contributed by atoms with van der Waals surface area (Å²) in [6.07, 6.45) is 0.883. The van der Waals surface area contributed by atoms with Gasteiger partial charge in [-0.1, -0.05) is 6.61 Å². The summed E-state index contributed by atoms with van der Waals surface area (Å²) in [4.78, 5) is 1.86. The first-order chi connectivity index (χ1) is 9.10. The van der Waals surface area contributed by atoms with Gasteiger partial charge in [-0.05, 0) is 34.4 Å². The Morgan fingerprint density at radius 3 is 1.50 bits per heavy atom. The van der Waals surface area contributed by atoms with Gasteiger partial charge in [0.15, 0.2) is 0 Å². The van der Waals surface area contributed by atoms with Crippen molar-refractivity contribution < 1.29 is 46.9 Å². The molecule has 120 valence electrons. The molecule has 0 saturated heterocycles. The van der Waals surface area contributed by atoms with Crippen LogP contribution in [0.4, 0.5) is 0 Å². The van der Waals surface area contributed by atoms with E-state index in [1.807, 2.05) is 32.7 Å². The monoisotopic (exact) mass is 365 g/mol. The maximum absolute atomic E-state index is 5.06. The van der Waals surface area contributed by atoms with E-state index in [0.717, 1.165) is 46.0 Å². The first-order valence-electron chi connectivity index (χ1n) is 6.93. The summed E-state index contributed by atoms with van der Waals surface area (Å²) in [5.74, 6) is 0. The van der Waals surface area contributed by atoms with Crippen molar-refractivity contribution in [1.82, 2.24) is 4.90 Å². The van der Waals surface area contributed by atoms with Gasteiger partial charge in [0.25, 0.3) is 0 Å². The van der Waals surface area contributed by atoms with Crippen LogP contribution >= 0.6 is 0 Å². The van der Waals surface area contributed by atoms with Crippen LogP contribution in [0.2, 0.25) is 0 Å². The quantitative estimate of drug-likeness (QED) is 0.464. The molecule has 0 aliphatic rings. The number of nitrogens with zero attached hydrogens (tertiary/aromatic N) is 1. The number of rotatable bonds is 9. The summed E-state index contributed by atoms with van der Waals surface area (Å²) in [5.41, 5.74) is 0. The van der Waals surface area contributed by atoms with E-state index in [1.54, 1.807) is 0 Å². The van der Waals surface area contributed by atoms with Gasteiger partial charge in [-0.2, -0.15) is 6.42 Å². The minimum absolute atomic E-state index is 0. The Morgan fingerprint density at radius 1 is 0.850 bits per heavy atom. The SMILES string of the molecule is [CH2-]CCOCC.[CH2-]COCC.[CH2-]N(C)CCOCC.[Y+3]. The predicted molar refractivity (Wildman–Crippen MR) is 82.8 cm³/mol. The van der Waals surface area contributed by atoms with Crippen LogP contribution in [-0.4, -0.2) is 58.1 Å². The fourth-order valence-electron chi connectivity index (χ4n) is 0.755. The van der Waals surface area contributed by atoms with Crippen molar-refractivity contribution in [2.45, 2.75) is 27.2 Å². The third-order valence-corrected chi connectivity index (χ3v) is 1.66. The van der Waals surface area contributed by atoms with Gasteiger partial charge >= 0.3 is 32.7 Å². The van der Waals surface area contributed by atoms with Crippen LogP contribution < -0.4 is 0 Å². The number of likely N-dealkylation sites (N-methyl/N-ethyl adjacent to an activating group) is 1. The molecule has 0 aromatic carbocycles. The van der Waals surface area contributed by atoms with Crippen molar-refractivity contribution in [1.29, 1.82) is 0 Å². The first kappa shape index (κ1) is 29.0. The summed E-state index contributed by atoms with van der Waals surface area (Å²) in [5, 5.41) is 0. The number of ether oxygens (including phenoxy) is 3. The Bertz CT molecular complexity index is 122. The number of hydrogen-bond acceptors (Lipinski definition) is 4. The van der Waals surface area contributed by atoms with Gasteiger partial charge in [0.1, 0.15) is 0 Å². The topological polar surface area (TPSA) is 30.9 Å². The summed E-state index contributed by atoms with van der Waals surface area (Å²) in [7, 11) is 5.59. The van der Waals surface area contributed by atoms with E-state index in [0.29, 0.717) is 6.61 Å². The van der Waals surface area contributed by atoms with Gasteiger partial charge in [0.2, 0.25) is 0 Å². The van der Waals surface area contributed by atoms with Crippen LogP contribution in [0.5, 0.6) is 0 Å². The molecule has 0 radical (unpaired) electrons. The summed E-state index contributed by atoms with van der Waals surface area (Å²) in [6.45, 7) is 18.5. The second kappa shape index (κ2) is 32.0. The van der Waals surface area contributed by atoms with Crippen LogP contribution in [0, 0.1) is 20.9 Å². The normalized spacial score (nSPS) is 9.00. The van der Waals surface area contributed by atoms with Crippen LogP contribution in [0.25, 0.3) is 0 Å². The standard InChI is InChI=1S/C6H14NO.C5H11O.C4H9O.Y/c1-4-8-6-5-7(2)3;1-3-5-6-4-2;1-3-5-4-2;/h2,4-6H2,1,3H3;1,3-5H2,2H3;1,3-4H2,2H3;/q3*-1;+3. The van der Waals surface area contributed by atoms with Gasteiger partial charge in [-0.15, -0.1) is 0 Å². The Balaban J connectivity index is -0.0000000966. The molecule has 0 aliphatic carbocycles. The molecule has 0 aromatic rings. The molecule has 0 fully saturated rings. The average Bonchev–Trinajstić information content (AvgIpc) is 2.39. The average molecular weight is 365 g/mol. The van der Waals surface area contributed by atoms with E-state index < -0.39 is 0 Å². The summed E-state index contributed by atoms with van der Waals surface area (Å²) in [6, 6.07) is 0. The van der Waals surface area contributed by atoms with Crippen LogP contribution in [0.1, 0.15) is 27.2 Å². The molecule has 0 saturated carbocycles. The maximum atomic E-state index is 5.06. The molecule has 0 N–H and O–H groups in total. The van der Waals surface area contributed by atoms with Crippen molar-refractivity contribution in [3.8, 4) is 0 Å². The molecule has 0 aromatic heterocycles. The Hall–Kier alpha value is 0.944. The summed E-state index contributed by atoms with van der Waals surface area (Å²) < 4.78 is 14.7. The van der Waals surface area contributed by atoms with Crippen LogP contribution in [-0.2, 0) is 46.9 Å². The van der Waals surface area contributed by atoms with Crippen molar-refractivity contribution in [2.75, 3.05) is 53.2 Å². The fourth-order valence-corrected chi connectivity index (χ4v) is 0.755. The number of hydrogen-bond donors (Lipinski definition) is 0. The van der Waals surface area contributed by atoms with Crippen molar-refractivity contribution in [3.63, 3.8) is 0 Å². The van der Waals surface area contributed by atoms with E-state index >= 15 is 0 Å². The second-order valence-electron chi connectivity index (χ2n) is 3.52. The van der Waals surface area contributed by atoms with Crippen LogP contribution in [0.15, 0.2) is 0 Å². The molecule has 0 aliphatic heterocycles. The van der Waals surface area contributed by atoms with Crippen molar-refractivity contribution >= 4 is 0 Å². The zero-order chi connectivity index (χ0) is 15.4. The van der Waals surface area contributed by atoms with Gasteiger partial charge in [-0.3, -0.25) is 7.05 Å². The molecule has 0 rings (SSSR count). The minimum Gasteiger partial charge on any atom is -0.460 e. The fraction of sp³-hybridized carbons (Fsp3) is 0.800. The largest absolute Gasteiger partial charge is 3.00 e. The van der Waals surface area contributed by atoms with E-state index in [-0.39, 0.29) is 32.7 Å². The van der Waals surface area contributed by atoms with Gasteiger partial charge in [0, 0.05) is 26.4 Å². The zero-order valence-corrected chi connectivity index (χ0v) is 16.9.